The quantitative estimate of drug-likeness (QED) is 0.808. The molecule has 0 aliphatic carbocycles. The Morgan fingerprint density at radius 2 is 2.26 bits per heavy atom. The number of halogens is 1. The predicted molar refractivity (Wildman–Crippen MR) is 77.7 cm³/mol. The molecule has 2 rings (SSSR count). The van der Waals surface area contributed by atoms with E-state index in [1.165, 1.54) is 0 Å². The lowest BCUT2D eigenvalue weighted by Gasteiger charge is -2.39. The van der Waals surface area contributed by atoms with Crippen molar-refractivity contribution in [3.05, 3.63) is 20.8 Å². The van der Waals surface area contributed by atoms with Gasteiger partial charge in [-0.2, -0.15) is 0 Å². The minimum absolute atomic E-state index is 0.138. The number of nitrogens with two attached hydrogens (primary N) is 1. The van der Waals surface area contributed by atoms with Gasteiger partial charge in [0.15, 0.2) is 0 Å². The Kier molecular flexibility index (Phi) is 4.39. The van der Waals surface area contributed by atoms with Gasteiger partial charge < -0.3 is 5.73 Å². The molecule has 1 aliphatic rings. The lowest BCUT2D eigenvalue weighted by Crippen LogP contribution is -2.59. The summed E-state index contributed by atoms with van der Waals surface area (Å²) in [7, 11) is 0. The number of amides is 2. The van der Waals surface area contributed by atoms with Crippen LogP contribution in [0.5, 0.6) is 0 Å². The fourth-order valence-electron chi connectivity index (χ4n) is 2.28. The molecule has 2 heterocycles. The minimum atomic E-state index is -0.366. The summed E-state index contributed by atoms with van der Waals surface area (Å²) in [5.41, 5.74) is 6.07. The number of hydrogen-bond acceptors (Lipinski definition) is 5. The lowest BCUT2D eigenvalue weighted by atomic mass is 10.0. The molecule has 0 bridgehead atoms. The van der Waals surface area contributed by atoms with Crippen molar-refractivity contribution in [1.82, 2.24) is 10.2 Å². The van der Waals surface area contributed by atoms with Gasteiger partial charge in [-0.1, -0.05) is 0 Å². The van der Waals surface area contributed by atoms with E-state index in [1.807, 2.05) is 23.3 Å². The van der Waals surface area contributed by atoms with Crippen molar-refractivity contribution in [2.75, 3.05) is 6.54 Å². The number of nitrogens with one attached hydrogen (secondary N) is 1. The van der Waals surface area contributed by atoms with Crippen LogP contribution in [-0.4, -0.2) is 35.3 Å². The Morgan fingerprint density at radius 1 is 1.58 bits per heavy atom. The average molecular weight is 346 g/mol. The highest BCUT2D eigenvalue weighted by molar-refractivity contribution is 9.10. The summed E-state index contributed by atoms with van der Waals surface area (Å²) in [5, 5.41) is 4.32. The van der Waals surface area contributed by atoms with Crippen LogP contribution in [0.3, 0.4) is 0 Å². The highest BCUT2D eigenvalue weighted by Crippen LogP contribution is 2.33. The molecule has 1 aromatic rings. The zero-order valence-corrected chi connectivity index (χ0v) is 13.1. The number of hydrogen-bond donors (Lipinski definition) is 2. The maximum Gasteiger partial charge on any atom is 0.243 e. The monoisotopic (exact) mass is 345 g/mol. The average Bonchev–Trinajstić information content (AvgIpc) is 2.71. The van der Waals surface area contributed by atoms with E-state index >= 15 is 0 Å². The number of imide groups is 1. The van der Waals surface area contributed by atoms with Crippen molar-refractivity contribution < 1.29 is 9.59 Å². The first-order valence-corrected chi connectivity index (χ1v) is 7.66. The van der Waals surface area contributed by atoms with Gasteiger partial charge in [-0.15, -0.1) is 11.3 Å². The first-order chi connectivity index (χ1) is 8.90. The van der Waals surface area contributed by atoms with Gasteiger partial charge in [-0.25, -0.2) is 0 Å². The van der Waals surface area contributed by atoms with Gasteiger partial charge in [-0.05, 0) is 35.8 Å². The Balaban J connectivity index is 2.33. The van der Waals surface area contributed by atoms with Crippen LogP contribution in [0.4, 0.5) is 0 Å². The van der Waals surface area contributed by atoms with Gasteiger partial charge in [0, 0.05) is 20.8 Å². The molecule has 3 unspecified atom stereocenters. The van der Waals surface area contributed by atoms with E-state index in [2.05, 4.69) is 21.2 Å². The SMILES string of the molecule is CC(N)C(c1cc(Br)cs1)N1CC(=O)NC(=O)C1C. The van der Waals surface area contributed by atoms with E-state index in [0.717, 1.165) is 9.35 Å². The standard InChI is InChI=1S/C12H16BrN3O2S/c1-6(14)11(9-3-8(13)5-19-9)16-4-10(17)15-12(18)7(16)2/h3,5-7,11H,4,14H2,1-2H3,(H,15,17,18). The van der Waals surface area contributed by atoms with Gasteiger partial charge in [0.2, 0.25) is 11.8 Å². The number of nitrogens with zero attached hydrogens (tertiary/aromatic N) is 1. The van der Waals surface area contributed by atoms with Gasteiger partial charge in [-0.3, -0.25) is 19.8 Å². The molecule has 1 fully saturated rings. The third-order valence-corrected chi connectivity index (χ3v) is 4.96. The summed E-state index contributed by atoms with van der Waals surface area (Å²) in [6.45, 7) is 3.87. The molecule has 1 saturated heterocycles. The molecule has 1 aromatic heterocycles. The fourth-order valence-corrected chi connectivity index (χ4v) is 3.96. The Morgan fingerprint density at radius 3 is 2.79 bits per heavy atom. The lowest BCUT2D eigenvalue weighted by molar-refractivity contribution is -0.141. The summed E-state index contributed by atoms with van der Waals surface area (Å²) < 4.78 is 0.985. The molecule has 0 saturated carbocycles. The number of carbonyl (C=O) groups is 2. The van der Waals surface area contributed by atoms with E-state index in [9.17, 15) is 9.59 Å². The highest BCUT2D eigenvalue weighted by Gasteiger charge is 2.37. The van der Waals surface area contributed by atoms with Gasteiger partial charge in [0.1, 0.15) is 0 Å². The van der Waals surface area contributed by atoms with Crippen LogP contribution in [0.15, 0.2) is 15.9 Å². The largest absolute Gasteiger partial charge is 0.326 e. The van der Waals surface area contributed by atoms with Gasteiger partial charge >= 0.3 is 0 Å². The molecule has 5 nitrogen and oxygen atoms in total. The molecule has 3 atom stereocenters. The molecule has 0 aromatic carbocycles. The summed E-state index contributed by atoms with van der Waals surface area (Å²) in [6, 6.07) is 1.31. The van der Waals surface area contributed by atoms with Crippen molar-refractivity contribution in [3.63, 3.8) is 0 Å². The first kappa shape index (κ1) is 14.6. The molecule has 104 valence electrons. The molecule has 7 heteroatoms. The van der Waals surface area contributed by atoms with Gasteiger partial charge in [0.25, 0.3) is 0 Å². The van der Waals surface area contributed by atoms with Crippen LogP contribution in [0.1, 0.15) is 24.8 Å². The molecule has 1 aliphatic heterocycles. The van der Waals surface area contributed by atoms with Crippen LogP contribution in [0.25, 0.3) is 0 Å². The van der Waals surface area contributed by atoms with Crippen LogP contribution in [0, 0.1) is 0 Å². The maximum absolute atomic E-state index is 11.8. The molecular weight excluding hydrogens is 330 g/mol. The second kappa shape index (κ2) is 5.70. The maximum atomic E-state index is 11.8. The van der Waals surface area contributed by atoms with Crippen molar-refractivity contribution in [3.8, 4) is 0 Å². The number of piperazine rings is 1. The molecule has 19 heavy (non-hydrogen) atoms. The van der Waals surface area contributed by atoms with Gasteiger partial charge in [0.05, 0.1) is 18.6 Å². The Bertz CT molecular complexity index is 503. The molecule has 0 spiro atoms. The van der Waals surface area contributed by atoms with Crippen molar-refractivity contribution in [2.45, 2.75) is 32.0 Å². The van der Waals surface area contributed by atoms with E-state index in [-0.39, 0.29) is 36.5 Å². The third-order valence-electron chi connectivity index (χ3n) is 3.20. The molecular formula is C12H16BrN3O2S. The summed E-state index contributed by atoms with van der Waals surface area (Å²) in [6.07, 6.45) is 0. The van der Waals surface area contributed by atoms with Crippen molar-refractivity contribution in [1.29, 1.82) is 0 Å². The van der Waals surface area contributed by atoms with Crippen LogP contribution >= 0.6 is 27.3 Å². The summed E-state index contributed by atoms with van der Waals surface area (Å²) >= 11 is 4.99. The number of rotatable bonds is 3. The minimum Gasteiger partial charge on any atom is -0.326 e. The summed E-state index contributed by atoms with van der Waals surface area (Å²) in [5.74, 6) is -0.540. The number of thiophene rings is 1. The third kappa shape index (κ3) is 3.05. The van der Waals surface area contributed by atoms with Crippen LogP contribution in [0.2, 0.25) is 0 Å². The second-order valence-corrected chi connectivity index (χ2v) is 6.59. The van der Waals surface area contributed by atoms with E-state index < -0.39 is 0 Å². The molecule has 2 amide bonds. The first-order valence-electron chi connectivity index (χ1n) is 5.99. The van der Waals surface area contributed by atoms with Crippen LogP contribution < -0.4 is 11.1 Å². The second-order valence-electron chi connectivity index (χ2n) is 4.73. The topological polar surface area (TPSA) is 75.4 Å². The predicted octanol–water partition coefficient (Wildman–Crippen LogP) is 1.25. The number of carbonyl (C=O) groups excluding carboxylic acids is 2. The van der Waals surface area contributed by atoms with Crippen molar-refractivity contribution >= 4 is 39.1 Å². The van der Waals surface area contributed by atoms with E-state index in [1.54, 1.807) is 18.3 Å². The van der Waals surface area contributed by atoms with E-state index in [4.69, 9.17) is 5.73 Å². The normalized spacial score (nSPS) is 24.1. The highest BCUT2D eigenvalue weighted by atomic mass is 79.9. The Hall–Kier alpha value is -0.760. The van der Waals surface area contributed by atoms with Crippen molar-refractivity contribution in [2.24, 2.45) is 5.73 Å². The van der Waals surface area contributed by atoms with E-state index in [0.29, 0.717) is 0 Å². The Labute approximate surface area is 124 Å². The molecule has 0 radical (unpaired) electrons. The molecule has 3 N–H and O–H groups in total. The van der Waals surface area contributed by atoms with Crippen LogP contribution in [-0.2, 0) is 9.59 Å². The fraction of sp³-hybridized carbons (Fsp3) is 0.500. The zero-order valence-electron chi connectivity index (χ0n) is 10.7. The zero-order chi connectivity index (χ0) is 14.2. The summed E-state index contributed by atoms with van der Waals surface area (Å²) in [4.78, 5) is 26.2. The smallest absolute Gasteiger partial charge is 0.243 e.